The molecule has 3 aromatic carbocycles. The van der Waals surface area contributed by atoms with E-state index in [4.69, 9.17) is 19.4 Å². The number of amides is 1. The highest BCUT2D eigenvalue weighted by Crippen LogP contribution is 2.40. The molecule has 6 nitrogen and oxygen atoms in total. The smallest absolute Gasteiger partial charge is 0.234 e. The molecule has 164 valence electrons. The number of fused-ring (bicyclic) bond motifs is 2. The van der Waals surface area contributed by atoms with Crippen LogP contribution in [-0.4, -0.2) is 28.7 Å². The second kappa shape index (κ2) is 9.34. The Bertz CT molecular complexity index is 1290. The molecule has 4 aromatic rings. The molecular formula is C26H21N3O3S. The van der Waals surface area contributed by atoms with Crippen molar-refractivity contribution in [1.82, 2.24) is 9.97 Å². The van der Waals surface area contributed by atoms with Crippen LogP contribution in [0.15, 0.2) is 83.9 Å². The molecule has 0 fully saturated rings. The molecule has 5 rings (SSSR count). The van der Waals surface area contributed by atoms with Crippen LogP contribution >= 0.6 is 11.8 Å². The van der Waals surface area contributed by atoms with Crippen LogP contribution < -0.4 is 14.8 Å². The van der Waals surface area contributed by atoms with Gasteiger partial charge in [0.25, 0.3) is 0 Å². The zero-order chi connectivity index (χ0) is 22.6. The average molecular weight is 456 g/mol. The number of methoxy groups -OCH3 is 1. The van der Waals surface area contributed by atoms with Crippen molar-refractivity contribution in [3.8, 4) is 28.8 Å². The first-order valence-corrected chi connectivity index (χ1v) is 11.5. The number of nitrogens with zero attached hydrogens (tertiary/aromatic N) is 2. The summed E-state index contributed by atoms with van der Waals surface area (Å²) in [5.74, 6) is 2.76. The highest BCUT2D eigenvalue weighted by Gasteiger charge is 2.24. The maximum absolute atomic E-state index is 12.6. The number of benzene rings is 3. The Kier molecular flexibility index (Phi) is 5.95. The summed E-state index contributed by atoms with van der Waals surface area (Å²) < 4.78 is 11.3. The van der Waals surface area contributed by atoms with Crippen molar-refractivity contribution < 1.29 is 14.3 Å². The zero-order valence-electron chi connectivity index (χ0n) is 17.9. The van der Waals surface area contributed by atoms with Gasteiger partial charge in [-0.2, -0.15) is 4.98 Å². The maximum atomic E-state index is 12.6. The summed E-state index contributed by atoms with van der Waals surface area (Å²) in [6.07, 6.45) is 0.656. The molecule has 0 spiro atoms. The molecule has 2 heterocycles. The van der Waals surface area contributed by atoms with Gasteiger partial charge in [0.1, 0.15) is 16.5 Å². The molecule has 0 aliphatic carbocycles. The Morgan fingerprint density at radius 2 is 1.76 bits per heavy atom. The predicted molar refractivity (Wildman–Crippen MR) is 129 cm³/mol. The lowest BCUT2D eigenvalue weighted by Crippen LogP contribution is -2.15. The molecule has 0 unspecified atom stereocenters. The second-order valence-corrected chi connectivity index (χ2v) is 8.42. The Labute approximate surface area is 196 Å². The minimum atomic E-state index is -0.115. The van der Waals surface area contributed by atoms with Gasteiger partial charge >= 0.3 is 0 Å². The van der Waals surface area contributed by atoms with Crippen molar-refractivity contribution in [2.24, 2.45) is 0 Å². The van der Waals surface area contributed by atoms with E-state index in [-0.39, 0.29) is 11.7 Å². The van der Waals surface area contributed by atoms with Crippen LogP contribution in [0.5, 0.6) is 17.4 Å². The van der Waals surface area contributed by atoms with Gasteiger partial charge < -0.3 is 14.8 Å². The van der Waals surface area contributed by atoms with Gasteiger partial charge in [0.05, 0.1) is 18.4 Å². The summed E-state index contributed by atoms with van der Waals surface area (Å²) in [6.45, 7) is 0. The van der Waals surface area contributed by atoms with Gasteiger partial charge in [-0.25, -0.2) is 4.98 Å². The number of anilines is 1. The highest BCUT2D eigenvalue weighted by molar-refractivity contribution is 8.00. The SMILES string of the molecule is COc1ccc(NC(=O)CSc2nc(-c3ccccc3)nc3c2Cc2ccccc2O3)cc1. The summed E-state index contributed by atoms with van der Waals surface area (Å²) in [5.41, 5.74) is 3.59. The summed E-state index contributed by atoms with van der Waals surface area (Å²) in [6, 6.07) is 24.9. The Hall–Kier alpha value is -3.84. The fourth-order valence-corrected chi connectivity index (χ4v) is 4.39. The fourth-order valence-electron chi connectivity index (χ4n) is 3.56. The lowest BCUT2D eigenvalue weighted by molar-refractivity contribution is -0.113. The number of carbonyl (C=O) groups excluding carboxylic acids is 1. The van der Waals surface area contributed by atoms with E-state index in [1.165, 1.54) is 11.8 Å². The van der Waals surface area contributed by atoms with Crippen LogP contribution in [0.1, 0.15) is 11.1 Å². The Balaban J connectivity index is 1.40. The molecular weight excluding hydrogens is 434 g/mol. The molecule has 1 aromatic heterocycles. The normalized spacial score (nSPS) is 11.7. The number of para-hydroxylation sites is 1. The largest absolute Gasteiger partial charge is 0.497 e. The quantitative estimate of drug-likeness (QED) is 0.266. The number of hydrogen-bond donors (Lipinski definition) is 1. The van der Waals surface area contributed by atoms with Crippen LogP contribution in [-0.2, 0) is 11.2 Å². The second-order valence-electron chi connectivity index (χ2n) is 7.45. The third kappa shape index (κ3) is 4.68. The minimum absolute atomic E-state index is 0.115. The zero-order valence-corrected chi connectivity index (χ0v) is 18.8. The number of nitrogens with one attached hydrogen (secondary N) is 1. The van der Waals surface area contributed by atoms with E-state index in [0.29, 0.717) is 23.8 Å². The van der Waals surface area contributed by atoms with Gasteiger partial charge in [0.2, 0.25) is 11.8 Å². The van der Waals surface area contributed by atoms with Crippen molar-refractivity contribution in [2.75, 3.05) is 18.2 Å². The first kappa shape index (κ1) is 21.0. The van der Waals surface area contributed by atoms with Gasteiger partial charge in [0.15, 0.2) is 5.82 Å². The third-order valence-electron chi connectivity index (χ3n) is 5.22. The molecule has 33 heavy (non-hydrogen) atoms. The van der Waals surface area contributed by atoms with E-state index in [1.807, 2.05) is 78.9 Å². The summed E-state index contributed by atoms with van der Waals surface area (Å²) in [7, 11) is 1.61. The topological polar surface area (TPSA) is 73.3 Å². The van der Waals surface area contributed by atoms with Crippen molar-refractivity contribution in [3.05, 3.63) is 90.0 Å². The predicted octanol–water partition coefficient (Wildman–Crippen LogP) is 5.58. The maximum Gasteiger partial charge on any atom is 0.234 e. The first-order valence-electron chi connectivity index (χ1n) is 10.5. The van der Waals surface area contributed by atoms with Crippen molar-refractivity contribution in [3.63, 3.8) is 0 Å². The Morgan fingerprint density at radius 3 is 2.55 bits per heavy atom. The Morgan fingerprint density at radius 1 is 1.00 bits per heavy atom. The van der Waals surface area contributed by atoms with Crippen molar-refractivity contribution in [2.45, 2.75) is 11.4 Å². The lowest BCUT2D eigenvalue weighted by atomic mass is 10.0. The molecule has 1 amide bonds. The summed E-state index contributed by atoms with van der Waals surface area (Å²) >= 11 is 1.39. The lowest BCUT2D eigenvalue weighted by Gasteiger charge is -2.21. The number of hydrogen-bond acceptors (Lipinski definition) is 6. The fraction of sp³-hybridized carbons (Fsp3) is 0.115. The number of rotatable bonds is 6. The van der Waals surface area contributed by atoms with E-state index in [1.54, 1.807) is 7.11 Å². The average Bonchev–Trinajstić information content (AvgIpc) is 2.87. The highest BCUT2D eigenvalue weighted by atomic mass is 32.2. The number of thioether (sulfide) groups is 1. The van der Waals surface area contributed by atoms with Gasteiger partial charge in [0, 0.05) is 17.7 Å². The molecule has 0 saturated carbocycles. The van der Waals surface area contributed by atoms with Crippen molar-refractivity contribution >= 4 is 23.4 Å². The van der Waals surface area contributed by atoms with E-state index in [9.17, 15) is 4.79 Å². The van der Waals surface area contributed by atoms with E-state index in [0.717, 1.165) is 33.2 Å². The van der Waals surface area contributed by atoms with Crippen molar-refractivity contribution in [1.29, 1.82) is 0 Å². The molecule has 7 heteroatoms. The molecule has 0 bridgehead atoms. The summed E-state index contributed by atoms with van der Waals surface area (Å²) in [5, 5.41) is 3.66. The van der Waals surface area contributed by atoms with Crippen LogP contribution in [0, 0.1) is 0 Å². The standard InChI is InChI=1S/C26H21N3O3S/c1-31-20-13-11-19(12-14-20)27-23(30)16-33-26-21-15-18-9-5-6-10-22(18)32-25(21)28-24(29-26)17-7-3-2-4-8-17/h2-14H,15-16H2,1H3,(H,27,30). The molecule has 1 N–H and O–H groups in total. The molecule has 1 aliphatic heterocycles. The molecule has 0 atom stereocenters. The van der Waals surface area contributed by atoms with E-state index in [2.05, 4.69) is 5.32 Å². The van der Waals surface area contributed by atoms with Crippen LogP contribution in [0.25, 0.3) is 11.4 Å². The minimum Gasteiger partial charge on any atom is -0.497 e. The number of carbonyl (C=O) groups is 1. The van der Waals surface area contributed by atoms with E-state index >= 15 is 0 Å². The molecule has 0 saturated heterocycles. The van der Waals surface area contributed by atoms with Gasteiger partial charge in [-0.15, -0.1) is 0 Å². The monoisotopic (exact) mass is 455 g/mol. The van der Waals surface area contributed by atoms with E-state index < -0.39 is 0 Å². The number of ether oxygens (including phenoxy) is 2. The van der Waals surface area contributed by atoms with Gasteiger partial charge in [-0.3, -0.25) is 4.79 Å². The van der Waals surface area contributed by atoms with Crippen LogP contribution in [0.2, 0.25) is 0 Å². The first-order chi connectivity index (χ1) is 16.2. The van der Waals surface area contributed by atoms with Crippen LogP contribution in [0.4, 0.5) is 5.69 Å². The summed E-state index contributed by atoms with van der Waals surface area (Å²) in [4.78, 5) is 22.1. The third-order valence-corrected chi connectivity index (χ3v) is 6.24. The number of aromatic nitrogens is 2. The molecule has 0 radical (unpaired) electrons. The molecule has 1 aliphatic rings. The van der Waals surface area contributed by atoms with Gasteiger partial charge in [-0.1, -0.05) is 60.3 Å². The van der Waals surface area contributed by atoms with Gasteiger partial charge in [-0.05, 0) is 35.9 Å². The van der Waals surface area contributed by atoms with Crippen LogP contribution in [0.3, 0.4) is 0 Å².